The number of anilines is 1. The van der Waals surface area contributed by atoms with Crippen molar-refractivity contribution in [3.63, 3.8) is 0 Å². The standard InChI is InChI=1S/C19H24N2O5S/c1-5-14-8-6-7-9-16(14)20-19(22)13(2)21-27(23,24)15-10-11-17(25-3)18(12-15)26-4/h6-13,21H,5H2,1-4H3,(H,20,22)/t13-/m1/s1. The van der Waals surface area contributed by atoms with Crippen molar-refractivity contribution >= 4 is 21.6 Å². The highest BCUT2D eigenvalue weighted by Gasteiger charge is 2.23. The lowest BCUT2D eigenvalue weighted by atomic mass is 10.1. The third kappa shape index (κ3) is 4.99. The van der Waals surface area contributed by atoms with Gasteiger partial charge >= 0.3 is 0 Å². The summed E-state index contributed by atoms with van der Waals surface area (Å²) in [4.78, 5) is 12.4. The van der Waals surface area contributed by atoms with Crippen molar-refractivity contribution in [3.05, 3.63) is 48.0 Å². The van der Waals surface area contributed by atoms with Crippen LogP contribution in [0.3, 0.4) is 0 Å². The Balaban J connectivity index is 2.16. The Labute approximate surface area is 159 Å². The van der Waals surface area contributed by atoms with Gasteiger partial charge in [-0.15, -0.1) is 0 Å². The average molecular weight is 392 g/mol. The molecule has 2 rings (SSSR count). The quantitative estimate of drug-likeness (QED) is 0.720. The van der Waals surface area contributed by atoms with Crippen LogP contribution in [0.4, 0.5) is 5.69 Å². The third-order valence-electron chi connectivity index (χ3n) is 4.05. The number of hydrogen-bond acceptors (Lipinski definition) is 5. The minimum Gasteiger partial charge on any atom is -0.493 e. The van der Waals surface area contributed by atoms with Gasteiger partial charge in [-0.3, -0.25) is 4.79 Å². The minimum atomic E-state index is -3.92. The van der Waals surface area contributed by atoms with Crippen molar-refractivity contribution in [1.29, 1.82) is 0 Å². The second kappa shape index (κ2) is 8.88. The highest BCUT2D eigenvalue weighted by molar-refractivity contribution is 7.89. The fraction of sp³-hybridized carbons (Fsp3) is 0.316. The normalized spacial score (nSPS) is 12.3. The summed E-state index contributed by atoms with van der Waals surface area (Å²) in [7, 11) is -1.03. The van der Waals surface area contributed by atoms with E-state index in [2.05, 4.69) is 10.0 Å². The van der Waals surface area contributed by atoms with Gasteiger partial charge in [-0.1, -0.05) is 25.1 Å². The summed E-state index contributed by atoms with van der Waals surface area (Å²) in [5.41, 5.74) is 1.64. The van der Waals surface area contributed by atoms with Gasteiger partial charge in [-0.2, -0.15) is 4.72 Å². The molecule has 8 heteroatoms. The molecule has 2 aromatic carbocycles. The lowest BCUT2D eigenvalue weighted by Gasteiger charge is -2.16. The molecule has 0 aliphatic carbocycles. The van der Waals surface area contributed by atoms with E-state index < -0.39 is 22.0 Å². The number of nitrogens with one attached hydrogen (secondary N) is 2. The summed E-state index contributed by atoms with van der Waals surface area (Å²) >= 11 is 0. The molecule has 0 heterocycles. The maximum absolute atomic E-state index is 12.6. The summed E-state index contributed by atoms with van der Waals surface area (Å²) in [6, 6.07) is 10.7. The van der Waals surface area contributed by atoms with E-state index in [0.29, 0.717) is 11.4 Å². The van der Waals surface area contributed by atoms with Gasteiger partial charge in [0.05, 0.1) is 25.2 Å². The molecule has 7 nitrogen and oxygen atoms in total. The first-order chi connectivity index (χ1) is 12.8. The number of carbonyl (C=O) groups is 1. The Morgan fingerprint density at radius 2 is 1.74 bits per heavy atom. The Hall–Kier alpha value is -2.58. The van der Waals surface area contributed by atoms with Gasteiger partial charge in [0, 0.05) is 11.8 Å². The number of benzene rings is 2. The molecule has 0 bridgehead atoms. The van der Waals surface area contributed by atoms with E-state index in [1.165, 1.54) is 39.3 Å². The first-order valence-corrected chi connectivity index (χ1v) is 9.93. The van der Waals surface area contributed by atoms with E-state index in [9.17, 15) is 13.2 Å². The van der Waals surface area contributed by atoms with Crippen LogP contribution in [0.1, 0.15) is 19.4 Å². The third-order valence-corrected chi connectivity index (χ3v) is 5.59. The molecule has 146 valence electrons. The molecule has 1 amide bonds. The Bertz CT molecular complexity index is 912. The van der Waals surface area contributed by atoms with E-state index in [1.54, 1.807) is 6.07 Å². The lowest BCUT2D eigenvalue weighted by molar-refractivity contribution is -0.117. The molecule has 27 heavy (non-hydrogen) atoms. The van der Waals surface area contributed by atoms with Gasteiger partial charge in [0.1, 0.15) is 0 Å². The Morgan fingerprint density at radius 1 is 1.07 bits per heavy atom. The zero-order valence-electron chi connectivity index (χ0n) is 15.8. The summed E-state index contributed by atoms with van der Waals surface area (Å²) in [5, 5.41) is 2.77. The molecule has 2 N–H and O–H groups in total. The molecule has 0 aliphatic rings. The molecule has 0 aliphatic heterocycles. The number of sulfonamides is 1. The summed E-state index contributed by atoms with van der Waals surface area (Å²) in [6.45, 7) is 3.47. The monoisotopic (exact) mass is 392 g/mol. The number of para-hydroxylation sites is 1. The fourth-order valence-electron chi connectivity index (χ4n) is 2.53. The van der Waals surface area contributed by atoms with Crippen molar-refractivity contribution in [2.45, 2.75) is 31.2 Å². The number of methoxy groups -OCH3 is 2. The minimum absolute atomic E-state index is 0.0197. The second-order valence-corrected chi connectivity index (χ2v) is 7.57. The molecular weight excluding hydrogens is 368 g/mol. The SMILES string of the molecule is CCc1ccccc1NC(=O)[C@@H](C)NS(=O)(=O)c1ccc(OC)c(OC)c1. The largest absolute Gasteiger partial charge is 0.493 e. The van der Waals surface area contributed by atoms with Gasteiger partial charge < -0.3 is 14.8 Å². The molecule has 0 saturated carbocycles. The number of ether oxygens (including phenoxy) is 2. The van der Waals surface area contributed by atoms with Crippen molar-refractivity contribution < 1.29 is 22.7 Å². The fourth-order valence-corrected chi connectivity index (χ4v) is 3.75. The second-order valence-electron chi connectivity index (χ2n) is 5.86. The summed E-state index contributed by atoms with van der Waals surface area (Å²) < 4.78 is 37.8. The highest BCUT2D eigenvalue weighted by atomic mass is 32.2. The number of carbonyl (C=O) groups excluding carboxylic acids is 1. The molecule has 0 spiro atoms. The van der Waals surface area contributed by atoms with Crippen molar-refractivity contribution in [3.8, 4) is 11.5 Å². The zero-order chi connectivity index (χ0) is 20.0. The Kier molecular flexibility index (Phi) is 6.81. The van der Waals surface area contributed by atoms with Crippen LogP contribution < -0.4 is 19.5 Å². The van der Waals surface area contributed by atoms with Crippen LogP contribution in [0.25, 0.3) is 0 Å². The van der Waals surface area contributed by atoms with Gasteiger partial charge in [-0.25, -0.2) is 8.42 Å². The van der Waals surface area contributed by atoms with Crippen LogP contribution in [0.5, 0.6) is 11.5 Å². The maximum Gasteiger partial charge on any atom is 0.242 e. The predicted octanol–water partition coefficient (Wildman–Crippen LogP) is 2.57. The molecule has 2 aromatic rings. The van der Waals surface area contributed by atoms with E-state index in [1.807, 2.05) is 25.1 Å². The van der Waals surface area contributed by atoms with Crippen molar-refractivity contribution in [2.24, 2.45) is 0 Å². The van der Waals surface area contributed by atoms with Gasteiger partial charge in [0.2, 0.25) is 15.9 Å². The number of rotatable bonds is 8. The van der Waals surface area contributed by atoms with E-state index in [4.69, 9.17) is 9.47 Å². The molecule has 0 aromatic heterocycles. The van der Waals surface area contributed by atoms with Crippen LogP contribution in [-0.4, -0.2) is 34.6 Å². The Morgan fingerprint density at radius 3 is 2.37 bits per heavy atom. The smallest absolute Gasteiger partial charge is 0.242 e. The van der Waals surface area contributed by atoms with E-state index in [0.717, 1.165) is 12.0 Å². The first kappa shape index (κ1) is 20.7. The van der Waals surface area contributed by atoms with Crippen LogP contribution in [0.15, 0.2) is 47.4 Å². The predicted molar refractivity (Wildman–Crippen MR) is 104 cm³/mol. The van der Waals surface area contributed by atoms with Gasteiger partial charge in [0.15, 0.2) is 11.5 Å². The van der Waals surface area contributed by atoms with E-state index >= 15 is 0 Å². The molecule has 0 unspecified atom stereocenters. The first-order valence-electron chi connectivity index (χ1n) is 8.45. The number of aryl methyl sites for hydroxylation is 1. The molecule has 0 fully saturated rings. The molecule has 0 radical (unpaired) electrons. The molecular formula is C19H24N2O5S. The van der Waals surface area contributed by atoms with E-state index in [-0.39, 0.29) is 10.6 Å². The number of amides is 1. The molecule has 1 atom stereocenters. The lowest BCUT2D eigenvalue weighted by Crippen LogP contribution is -2.41. The van der Waals surface area contributed by atoms with Crippen LogP contribution in [-0.2, 0) is 21.2 Å². The molecule has 0 saturated heterocycles. The average Bonchev–Trinajstić information content (AvgIpc) is 2.67. The van der Waals surface area contributed by atoms with Gasteiger partial charge in [0.25, 0.3) is 0 Å². The summed E-state index contributed by atoms with van der Waals surface area (Å²) in [5.74, 6) is 0.257. The highest BCUT2D eigenvalue weighted by Crippen LogP contribution is 2.29. The van der Waals surface area contributed by atoms with Crippen molar-refractivity contribution in [1.82, 2.24) is 4.72 Å². The van der Waals surface area contributed by atoms with Crippen LogP contribution in [0, 0.1) is 0 Å². The van der Waals surface area contributed by atoms with Crippen LogP contribution >= 0.6 is 0 Å². The number of hydrogen-bond donors (Lipinski definition) is 2. The van der Waals surface area contributed by atoms with Gasteiger partial charge in [-0.05, 0) is 37.1 Å². The van der Waals surface area contributed by atoms with Crippen molar-refractivity contribution in [2.75, 3.05) is 19.5 Å². The maximum atomic E-state index is 12.6. The van der Waals surface area contributed by atoms with Crippen LogP contribution in [0.2, 0.25) is 0 Å². The zero-order valence-corrected chi connectivity index (χ0v) is 16.6. The topological polar surface area (TPSA) is 93.7 Å². The summed E-state index contributed by atoms with van der Waals surface area (Å²) in [6.07, 6.45) is 0.752.